The molecule has 1 aromatic carbocycles. The summed E-state index contributed by atoms with van der Waals surface area (Å²) in [6.07, 6.45) is 2.79. The fourth-order valence-electron chi connectivity index (χ4n) is 3.95. The summed E-state index contributed by atoms with van der Waals surface area (Å²) >= 11 is 2.77. The van der Waals surface area contributed by atoms with Crippen LogP contribution in [0, 0.1) is 0 Å². The van der Waals surface area contributed by atoms with Gasteiger partial charge in [-0.05, 0) is 36.3 Å². The van der Waals surface area contributed by atoms with Gasteiger partial charge in [0.1, 0.15) is 16.6 Å². The van der Waals surface area contributed by atoms with Crippen molar-refractivity contribution >= 4 is 51.6 Å². The smallest absolute Gasteiger partial charge is 0.341 e. The number of nitrogens with zero attached hydrogens (tertiary/aromatic N) is 2. The highest BCUT2D eigenvalue weighted by Gasteiger charge is 2.30. The Morgan fingerprint density at radius 2 is 1.94 bits per heavy atom. The van der Waals surface area contributed by atoms with Crippen molar-refractivity contribution in [1.82, 2.24) is 9.97 Å². The Kier molecular flexibility index (Phi) is 7.14. The number of nitrogens with two attached hydrogens (primary N) is 2. The van der Waals surface area contributed by atoms with E-state index in [1.807, 2.05) is 18.2 Å². The highest BCUT2D eigenvalue weighted by molar-refractivity contribution is 7.99. The minimum atomic E-state index is -0.418. The Morgan fingerprint density at radius 3 is 2.64 bits per heavy atom. The summed E-state index contributed by atoms with van der Waals surface area (Å²) in [4.78, 5) is 34.5. The number of rotatable bonds is 7. The molecule has 0 saturated heterocycles. The lowest BCUT2D eigenvalue weighted by Crippen LogP contribution is -2.16. The summed E-state index contributed by atoms with van der Waals surface area (Å²) in [6.45, 7) is 0. The second-order valence-corrected chi connectivity index (χ2v) is 9.86. The molecule has 1 aliphatic carbocycles. The second-order valence-electron chi connectivity index (χ2n) is 7.70. The van der Waals surface area contributed by atoms with Crippen molar-refractivity contribution in [2.24, 2.45) is 0 Å². The van der Waals surface area contributed by atoms with Crippen molar-refractivity contribution < 1.29 is 14.3 Å². The van der Waals surface area contributed by atoms with Crippen molar-refractivity contribution in [3.8, 4) is 0 Å². The van der Waals surface area contributed by atoms with E-state index in [-0.39, 0.29) is 24.0 Å². The number of methoxy groups -OCH3 is 1. The average molecular weight is 484 g/mol. The number of thiophene rings is 1. The Balaban J connectivity index is 1.45. The molecule has 5 N–H and O–H groups in total. The first-order chi connectivity index (χ1) is 15.9. The molecule has 1 amide bonds. The number of benzene rings is 1. The number of esters is 1. The van der Waals surface area contributed by atoms with E-state index >= 15 is 0 Å². The number of aromatic nitrogens is 2. The van der Waals surface area contributed by atoms with E-state index in [0.717, 1.165) is 29.7 Å². The van der Waals surface area contributed by atoms with E-state index in [9.17, 15) is 9.59 Å². The quantitative estimate of drug-likeness (QED) is 0.262. The first kappa shape index (κ1) is 23.1. The van der Waals surface area contributed by atoms with Crippen LogP contribution in [0.15, 0.2) is 41.6 Å². The number of hydrogen-bond acceptors (Lipinski definition) is 9. The third kappa shape index (κ3) is 5.45. The molecule has 0 bridgehead atoms. The van der Waals surface area contributed by atoms with Gasteiger partial charge in [-0.2, -0.15) is 0 Å². The molecular weight excluding hydrogens is 458 g/mol. The van der Waals surface area contributed by atoms with Gasteiger partial charge in [-0.25, -0.2) is 14.8 Å². The molecule has 2 aromatic heterocycles. The Bertz CT molecular complexity index is 1150. The maximum absolute atomic E-state index is 12.6. The van der Waals surface area contributed by atoms with Crippen molar-refractivity contribution in [2.45, 2.75) is 36.8 Å². The Labute approximate surface area is 200 Å². The SMILES string of the molecule is COC(=O)c1c(NC(=O)CCSc2nc(N)cc(N)n2)sc2c1CCC(c1ccccc1)C2. The molecule has 0 saturated carbocycles. The normalized spacial score (nSPS) is 15.0. The zero-order valence-electron chi connectivity index (χ0n) is 18.2. The van der Waals surface area contributed by atoms with Crippen LogP contribution in [0.5, 0.6) is 0 Å². The zero-order chi connectivity index (χ0) is 23.4. The Hall–Kier alpha value is -3.11. The largest absolute Gasteiger partial charge is 0.465 e. The number of hydrogen-bond donors (Lipinski definition) is 3. The summed E-state index contributed by atoms with van der Waals surface area (Å²) in [5.41, 5.74) is 14.1. The minimum absolute atomic E-state index is 0.192. The van der Waals surface area contributed by atoms with Crippen LogP contribution in [-0.4, -0.2) is 34.7 Å². The maximum atomic E-state index is 12.6. The predicted molar refractivity (Wildman–Crippen MR) is 132 cm³/mol. The summed E-state index contributed by atoms with van der Waals surface area (Å²) < 4.78 is 5.03. The lowest BCUT2D eigenvalue weighted by Gasteiger charge is -2.22. The van der Waals surface area contributed by atoms with E-state index in [1.165, 1.54) is 41.8 Å². The zero-order valence-corrected chi connectivity index (χ0v) is 19.8. The van der Waals surface area contributed by atoms with Gasteiger partial charge in [-0.15, -0.1) is 11.3 Å². The van der Waals surface area contributed by atoms with Gasteiger partial charge in [-0.3, -0.25) is 4.79 Å². The van der Waals surface area contributed by atoms with Crippen molar-refractivity contribution in [3.63, 3.8) is 0 Å². The number of nitrogens with one attached hydrogen (secondary N) is 1. The van der Waals surface area contributed by atoms with Gasteiger partial charge in [-0.1, -0.05) is 42.1 Å². The number of nitrogen functional groups attached to an aromatic ring is 2. The van der Waals surface area contributed by atoms with Crippen LogP contribution >= 0.6 is 23.1 Å². The minimum Gasteiger partial charge on any atom is -0.465 e. The molecule has 10 heteroatoms. The predicted octanol–water partition coefficient (Wildman–Crippen LogP) is 3.88. The van der Waals surface area contributed by atoms with Crippen LogP contribution in [0.25, 0.3) is 0 Å². The van der Waals surface area contributed by atoms with Gasteiger partial charge >= 0.3 is 5.97 Å². The number of amides is 1. The number of thioether (sulfide) groups is 1. The molecule has 8 nitrogen and oxygen atoms in total. The monoisotopic (exact) mass is 483 g/mol. The Morgan fingerprint density at radius 1 is 1.21 bits per heavy atom. The number of anilines is 3. The lowest BCUT2D eigenvalue weighted by atomic mass is 9.83. The second kappa shape index (κ2) is 10.2. The number of fused-ring (bicyclic) bond motifs is 1. The number of ether oxygens (including phenoxy) is 1. The molecule has 2 heterocycles. The van der Waals surface area contributed by atoms with Gasteiger partial charge < -0.3 is 21.5 Å². The first-order valence-corrected chi connectivity index (χ1v) is 12.3. The van der Waals surface area contributed by atoms with E-state index in [0.29, 0.717) is 27.4 Å². The first-order valence-electron chi connectivity index (χ1n) is 10.5. The fourth-order valence-corrected chi connectivity index (χ4v) is 6.09. The van der Waals surface area contributed by atoms with Crippen LogP contribution in [0.2, 0.25) is 0 Å². The van der Waals surface area contributed by atoms with E-state index in [2.05, 4.69) is 27.4 Å². The number of carbonyl (C=O) groups excluding carboxylic acids is 2. The molecule has 33 heavy (non-hydrogen) atoms. The highest BCUT2D eigenvalue weighted by Crippen LogP contribution is 2.42. The molecule has 0 aliphatic heterocycles. The van der Waals surface area contributed by atoms with Gasteiger partial charge in [0.15, 0.2) is 5.16 Å². The van der Waals surface area contributed by atoms with Crippen LogP contribution in [-0.2, 0) is 22.4 Å². The molecule has 1 atom stereocenters. The van der Waals surface area contributed by atoms with E-state index in [1.54, 1.807) is 0 Å². The molecule has 3 aromatic rings. The molecule has 172 valence electrons. The molecule has 1 unspecified atom stereocenters. The molecule has 0 spiro atoms. The molecule has 1 aliphatic rings. The van der Waals surface area contributed by atoms with Crippen molar-refractivity contribution in [2.75, 3.05) is 29.6 Å². The third-order valence-electron chi connectivity index (χ3n) is 5.48. The van der Waals surface area contributed by atoms with Crippen molar-refractivity contribution in [1.29, 1.82) is 0 Å². The molecular formula is C23H25N5O3S2. The molecule has 4 rings (SSSR count). The summed E-state index contributed by atoms with van der Waals surface area (Å²) in [5.74, 6) is 0.809. The topological polar surface area (TPSA) is 133 Å². The van der Waals surface area contributed by atoms with Gasteiger partial charge in [0.2, 0.25) is 5.91 Å². The van der Waals surface area contributed by atoms with Crippen LogP contribution < -0.4 is 16.8 Å². The lowest BCUT2D eigenvalue weighted by molar-refractivity contribution is -0.115. The summed E-state index contributed by atoms with van der Waals surface area (Å²) in [7, 11) is 1.36. The van der Waals surface area contributed by atoms with Crippen molar-refractivity contribution in [3.05, 3.63) is 58.0 Å². The highest BCUT2D eigenvalue weighted by atomic mass is 32.2. The van der Waals surface area contributed by atoms with Crippen LogP contribution in [0.3, 0.4) is 0 Å². The molecule has 0 fully saturated rings. The summed E-state index contributed by atoms with van der Waals surface area (Å²) in [5, 5.41) is 3.90. The van der Waals surface area contributed by atoms with Crippen LogP contribution in [0.4, 0.5) is 16.6 Å². The molecule has 0 radical (unpaired) electrons. The van der Waals surface area contributed by atoms with E-state index in [4.69, 9.17) is 16.2 Å². The van der Waals surface area contributed by atoms with Gasteiger partial charge in [0.05, 0.1) is 12.7 Å². The van der Waals surface area contributed by atoms with Crippen LogP contribution in [0.1, 0.15) is 45.1 Å². The summed E-state index contributed by atoms with van der Waals surface area (Å²) in [6, 6.07) is 11.9. The van der Waals surface area contributed by atoms with Gasteiger partial charge in [0.25, 0.3) is 0 Å². The maximum Gasteiger partial charge on any atom is 0.341 e. The van der Waals surface area contributed by atoms with Gasteiger partial charge in [0, 0.05) is 23.1 Å². The number of carbonyl (C=O) groups is 2. The average Bonchev–Trinajstić information content (AvgIpc) is 3.15. The standard InChI is InChI=1S/C23H25N5O3S2/c1-31-22(30)20-15-8-7-14(13-5-3-2-4-6-13)11-16(15)33-21(20)28-19(29)9-10-32-23-26-17(24)12-18(25)27-23/h2-6,12,14H,7-11H2,1H3,(H,28,29)(H4,24,25,26,27). The van der Waals surface area contributed by atoms with E-state index < -0.39 is 5.97 Å². The third-order valence-corrected chi connectivity index (χ3v) is 7.50. The fraction of sp³-hybridized carbons (Fsp3) is 0.304.